The molecule has 2 unspecified atom stereocenters. The lowest BCUT2D eigenvalue weighted by atomic mass is 9.94. The van der Waals surface area contributed by atoms with Crippen molar-refractivity contribution in [3.05, 3.63) is 136 Å². The lowest BCUT2D eigenvalue weighted by Crippen LogP contribution is -2.39. The van der Waals surface area contributed by atoms with E-state index in [1.807, 2.05) is 73.1 Å². The molecule has 0 radical (unpaired) electrons. The summed E-state index contributed by atoms with van der Waals surface area (Å²) in [4.78, 5) is 23.0. The largest absolute Gasteiger partial charge is 0.350 e. The second kappa shape index (κ2) is 13.0. The van der Waals surface area contributed by atoms with Crippen LogP contribution in [-0.2, 0) is 0 Å². The number of hydrogen-bond donors (Lipinski definition) is 2. The number of imidazole rings is 1. The van der Waals surface area contributed by atoms with Crippen LogP contribution >= 0.6 is 35.1 Å². The molecule has 9 heteroatoms. The first-order valence-corrected chi connectivity index (χ1v) is 17.2. The van der Waals surface area contributed by atoms with Crippen LogP contribution in [0.25, 0.3) is 33.4 Å². The normalized spacial score (nSPS) is 17.4. The summed E-state index contributed by atoms with van der Waals surface area (Å²) >= 11 is 14.4. The molecule has 4 aromatic carbocycles. The van der Waals surface area contributed by atoms with Crippen molar-refractivity contribution in [2.45, 2.75) is 24.9 Å². The first-order valence-electron chi connectivity index (χ1n) is 15.3. The van der Waals surface area contributed by atoms with Crippen molar-refractivity contribution in [3.63, 3.8) is 0 Å². The highest BCUT2D eigenvalue weighted by atomic mass is 35.5. The number of hydrogen-bond acceptors (Lipinski definition) is 4. The molecule has 2 N–H and O–H groups in total. The standard InChI is InChI=1S/C37H33Cl2N5OS/c1-23(24-13-15-27(38)16-14-24)44-22-40-34(26-11-7-4-8-12-26)36(44)33-29-18-17-28(39)19-31(29)41-35(33)37(45)42-32-21-43(46-2)20-30(32)25-9-5-3-6-10-25/h3-19,22-23,30,32,41H,20-21H2,1-2H3,(H,42,45)/t23?,30-,32?/m0/s1. The molecule has 1 fully saturated rings. The Morgan fingerprint density at radius 1 is 0.935 bits per heavy atom. The molecule has 1 amide bonds. The van der Waals surface area contributed by atoms with Crippen LogP contribution in [0.5, 0.6) is 0 Å². The minimum atomic E-state index is -0.165. The molecule has 0 saturated carbocycles. The monoisotopic (exact) mass is 665 g/mol. The summed E-state index contributed by atoms with van der Waals surface area (Å²) in [7, 11) is 0. The fourth-order valence-corrected chi connectivity index (χ4v) is 7.46. The molecule has 7 rings (SSSR count). The molecule has 3 atom stereocenters. The predicted octanol–water partition coefficient (Wildman–Crippen LogP) is 9.09. The molecule has 1 aliphatic heterocycles. The van der Waals surface area contributed by atoms with Crippen molar-refractivity contribution in [2.75, 3.05) is 19.3 Å². The summed E-state index contributed by atoms with van der Waals surface area (Å²) < 4.78 is 4.46. The topological polar surface area (TPSA) is 66.0 Å². The highest BCUT2D eigenvalue weighted by Crippen LogP contribution is 2.41. The average Bonchev–Trinajstić information content (AvgIpc) is 3.80. The Hall–Kier alpha value is -4.01. The fraction of sp³-hybridized carbons (Fsp3) is 0.189. The van der Waals surface area contributed by atoms with E-state index in [9.17, 15) is 4.79 Å². The third kappa shape index (κ3) is 5.84. The van der Waals surface area contributed by atoms with Crippen LogP contribution < -0.4 is 5.32 Å². The molecule has 0 bridgehead atoms. The second-order valence-electron chi connectivity index (χ2n) is 11.6. The van der Waals surface area contributed by atoms with E-state index >= 15 is 0 Å². The molecule has 46 heavy (non-hydrogen) atoms. The number of halogens is 2. The minimum absolute atomic E-state index is 0.0725. The molecule has 1 aliphatic rings. The van der Waals surface area contributed by atoms with Crippen LogP contribution in [0.2, 0.25) is 10.0 Å². The van der Waals surface area contributed by atoms with Crippen molar-refractivity contribution in [1.29, 1.82) is 0 Å². The van der Waals surface area contributed by atoms with Crippen LogP contribution in [0.15, 0.2) is 109 Å². The van der Waals surface area contributed by atoms with Gasteiger partial charge in [0.15, 0.2) is 0 Å². The Morgan fingerprint density at radius 2 is 1.63 bits per heavy atom. The quantitative estimate of drug-likeness (QED) is 0.159. The molecule has 0 aliphatic carbocycles. The van der Waals surface area contributed by atoms with E-state index < -0.39 is 0 Å². The van der Waals surface area contributed by atoms with Crippen molar-refractivity contribution >= 4 is 52.0 Å². The maximum Gasteiger partial charge on any atom is 0.268 e. The van der Waals surface area contributed by atoms with Crippen LogP contribution in [0.3, 0.4) is 0 Å². The maximum atomic E-state index is 14.5. The van der Waals surface area contributed by atoms with E-state index in [1.54, 1.807) is 11.9 Å². The van der Waals surface area contributed by atoms with Crippen LogP contribution in [0.1, 0.15) is 40.5 Å². The van der Waals surface area contributed by atoms with Gasteiger partial charge < -0.3 is 14.9 Å². The summed E-state index contributed by atoms with van der Waals surface area (Å²) in [6.07, 6.45) is 3.95. The van der Waals surface area contributed by atoms with E-state index in [1.165, 1.54) is 5.56 Å². The Kier molecular flexibility index (Phi) is 8.66. The Morgan fingerprint density at radius 3 is 2.35 bits per heavy atom. The molecule has 6 aromatic rings. The zero-order valence-corrected chi connectivity index (χ0v) is 27.8. The number of nitrogens with one attached hydrogen (secondary N) is 2. The van der Waals surface area contributed by atoms with Gasteiger partial charge in [0.1, 0.15) is 5.69 Å². The fourth-order valence-electron chi connectivity index (χ4n) is 6.54. The van der Waals surface area contributed by atoms with Gasteiger partial charge in [-0.3, -0.25) is 4.79 Å². The van der Waals surface area contributed by atoms with Gasteiger partial charge in [-0.05, 0) is 48.6 Å². The van der Waals surface area contributed by atoms with Crippen molar-refractivity contribution in [3.8, 4) is 22.5 Å². The van der Waals surface area contributed by atoms with E-state index in [0.717, 1.165) is 52.1 Å². The van der Waals surface area contributed by atoms with Gasteiger partial charge in [0.05, 0.1) is 29.8 Å². The van der Waals surface area contributed by atoms with Crippen LogP contribution in [0, 0.1) is 0 Å². The highest BCUT2D eigenvalue weighted by molar-refractivity contribution is 7.96. The number of amides is 1. The zero-order valence-electron chi connectivity index (χ0n) is 25.5. The average molecular weight is 667 g/mol. The third-order valence-electron chi connectivity index (χ3n) is 8.92. The van der Waals surface area contributed by atoms with Crippen LogP contribution in [-0.4, -0.2) is 50.1 Å². The number of carbonyl (C=O) groups is 1. The molecule has 6 nitrogen and oxygen atoms in total. The number of rotatable bonds is 8. The summed E-state index contributed by atoms with van der Waals surface area (Å²) in [5.41, 5.74) is 6.96. The van der Waals surface area contributed by atoms with E-state index in [4.69, 9.17) is 28.2 Å². The number of nitrogens with zero attached hydrogens (tertiary/aromatic N) is 3. The Balaban J connectivity index is 1.38. The number of aromatic amines is 1. The van der Waals surface area contributed by atoms with Gasteiger partial charge in [-0.15, -0.1) is 0 Å². The summed E-state index contributed by atoms with van der Waals surface area (Å²) in [6, 6.07) is 34.0. The van der Waals surface area contributed by atoms with Gasteiger partial charge in [0, 0.05) is 51.1 Å². The zero-order chi connectivity index (χ0) is 31.8. The minimum Gasteiger partial charge on any atom is -0.350 e. The molecule has 2 aromatic heterocycles. The second-order valence-corrected chi connectivity index (χ2v) is 13.4. The van der Waals surface area contributed by atoms with Crippen LogP contribution in [0.4, 0.5) is 0 Å². The van der Waals surface area contributed by atoms with E-state index in [0.29, 0.717) is 15.7 Å². The molecule has 0 spiro atoms. The number of benzene rings is 4. The third-order valence-corrected chi connectivity index (χ3v) is 10.2. The molecule has 3 heterocycles. The Labute approximate surface area is 282 Å². The first-order chi connectivity index (χ1) is 22.4. The lowest BCUT2D eigenvalue weighted by Gasteiger charge is -2.21. The molecular weight excluding hydrogens is 633 g/mol. The predicted molar refractivity (Wildman–Crippen MR) is 191 cm³/mol. The van der Waals surface area contributed by atoms with Gasteiger partial charge in [0.2, 0.25) is 0 Å². The first kappa shape index (κ1) is 30.6. The molecule has 232 valence electrons. The number of fused-ring (bicyclic) bond motifs is 1. The number of H-pyrrole nitrogens is 1. The van der Waals surface area contributed by atoms with Crippen molar-refractivity contribution < 1.29 is 4.79 Å². The van der Waals surface area contributed by atoms with E-state index in [2.05, 4.69) is 68.8 Å². The maximum absolute atomic E-state index is 14.5. The summed E-state index contributed by atoms with van der Waals surface area (Å²) in [5.74, 6) is -0.00248. The SMILES string of the molecule is CSN1CC(NC(=O)c2[nH]c3cc(Cl)ccc3c2-c2c(-c3ccccc3)ncn2C(C)c2ccc(Cl)cc2)[C@H](c2ccccc2)C1. The lowest BCUT2D eigenvalue weighted by molar-refractivity contribution is 0.0932. The van der Waals surface area contributed by atoms with Gasteiger partial charge >= 0.3 is 0 Å². The number of aromatic nitrogens is 3. The van der Waals surface area contributed by atoms with Gasteiger partial charge in [-0.2, -0.15) is 0 Å². The summed E-state index contributed by atoms with van der Waals surface area (Å²) in [5, 5.41) is 5.60. The Bertz CT molecular complexity index is 1990. The number of carbonyl (C=O) groups excluding carboxylic acids is 1. The highest BCUT2D eigenvalue weighted by Gasteiger charge is 2.36. The van der Waals surface area contributed by atoms with Gasteiger partial charge in [-0.1, -0.05) is 114 Å². The van der Waals surface area contributed by atoms with E-state index in [-0.39, 0.29) is 23.9 Å². The smallest absolute Gasteiger partial charge is 0.268 e. The summed E-state index contributed by atoms with van der Waals surface area (Å²) in [6.45, 7) is 3.73. The van der Waals surface area contributed by atoms with Gasteiger partial charge in [0.25, 0.3) is 5.91 Å². The van der Waals surface area contributed by atoms with Crippen molar-refractivity contribution in [1.82, 2.24) is 24.2 Å². The van der Waals surface area contributed by atoms with Gasteiger partial charge in [-0.25, -0.2) is 9.29 Å². The van der Waals surface area contributed by atoms with Crippen molar-refractivity contribution in [2.24, 2.45) is 0 Å². The molecular formula is C37H33Cl2N5OS. The molecule has 1 saturated heterocycles.